The van der Waals surface area contributed by atoms with Crippen molar-refractivity contribution in [1.82, 2.24) is 4.98 Å². The Labute approximate surface area is 114 Å². The number of pyridine rings is 1. The number of hydrogen-bond acceptors (Lipinski definition) is 3. The van der Waals surface area contributed by atoms with E-state index in [2.05, 4.69) is 10.3 Å². The second-order valence-corrected chi connectivity index (χ2v) is 4.08. The monoisotopic (exact) mass is 274 g/mol. The van der Waals surface area contributed by atoms with Crippen LogP contribution in [0.2, 0.25) is 0 Å². The zero-order chi connectivity index (χ0) is 14.5. The number of nitrogens with one attached hydrogen (secondary N) is 1. The van der Waals surface area contributed by atoms with Crippen LogP contribution in [-0.4, -0.2) is 22.0 Å². The molecule has 0 saturated heterocycles. The van der Waals surface area contributed by atoms with Gasteiger partial charge in [-0.15, -0.1) is 0 Å². The van der Waals surface area contributed by atoms with Gasteiger partial charge >= 0.3 is 5.97 Å². The fourth-order valence-electron chi connectivity index (χ4n) is 1.66. The number of carboxylic acid groups (broad SMARTS) is 1. The Morgan fingerprint density at radius 3 is 2.55 bits per heavy atom. The van der Waals surface area contributed by atoms with E-state index in [0.717, 1.165) is 17.7 Å². The van der Waals surface area contributed by atoms with E-state index in [1.807, 2.05) is 0 Å². The molecule has 0 aliphatic carbocycles. The summed E-state index contributed by atoms with van der Waals surface area (Å²) in [5.41, 5.74) is 0.535. The van der Waals surface area contributed by atoms with Crippen molar-refractivity contribution >= 4 is 17.6 Å². The normalized spacial score (nSPS) is 10.1. The first-order valence-corrected chi connectivity index (χ1v) is 5.78. The third-order valence-electron chi connectivity index (χ3n) is 2.59. The van der Waals surface area contributed by atoms with Crippen LogP contribution in [0.4, 0.5) is 10.1 Å². The first-order chi connectivity index (χ1) is 9.56. The summed E-state index contributed by atoms with van der Waals surface area (Å²) in [6, 6.07) is 6.81. The van der Waals surface area contributed by atoms with Gasteiger partial charge in [0, 0.05) is 18.1 Å². The van der Waals surface area contributed by atoms with Crippen LogP contribution in [0.5, 0.6) is 0 Å². The summed E-state index contributed by atoms with van der Waals surface area (Å²) in [5, 5.41) is 11.3. The van der Waals surface area contributed by atoms with Crippen molar-refractivity contribution < 1.29 is 19.1 Å². The van der Waals surface area contributed by atoms with Crippen molar-refractivity contribution in [1.29, 1.82) is 0 Å². The zero-order valence-electron chi connectivity index (χ0n) is 10.3. The number of carboxylic acids is 1. The molecule has 20 heavy (non-hydrogen) atoms. The van der Waals surface area contributed by atoms with Crippen LogP contribution in [-0.2, 0) is 11.2 Å². The van der Waals surface area contributed by atoms with Crippen molar-refractivity contribution in [3.63, 3.8) is 0 Å². The Hall–Kier alpha value is -2.76. The van der Waals surface area contributed by atoms with Gasteiger partial charge in [0.2, 0.25) is 5.91 Å². The number of rotatable bonds is 4. The molecule has 1 amide bonds. The highest BCUT2D eigenvalue weighted by atomic mass is 19.1. The lowest BCUT2D eigenvalue weighted by Gasteiger charge is -2.06. The Bertz CT molecular complexity index is 644. The molecule has 1 heterocycles. The number of halogens is 1. The van der Waals surface area contributed by atoms with E-state index in [1.165, 1.54) is 6.07 Å². The van der Waals surface area contributed by atoms with Gasteiger partial charge in [0.15, 0.2) is 0 Å². The SMILES string of the molecule is O=C(Cc1ccncc1)Nc1ccc(F)c(C(=O)O)c1. The van der Waals surface area contributed by atoms with E-state index in [4.69, 9.17) is 5.11 Å². The molecule has 1 aromatic heterocycles. The number of nitrogens with zero attached hydrogens (tertiary/aromatic N) is 1. The van der Waals surface area contributed by atoms with Gasteiger partial charge in [-0.1, -0.05) is 0 Å². The number of carbonyl (C=O) groups excluding carboxylic acids is 1. The average Bonchev–Trinajstić information content (AvgIpc) is 2.41. The number of aromatic nitrogens is 1. The molecule has 0 saturated carbocycles. The highest BCUT2D eigenvalue weighted by Gasteiger charge is 2.12. The van der Waals surface area contributed by atoms with Gasteiger partial charge < -0.3 is 10.4 Å². The third kappa shape index (κ3) is 3.38. The summed E-state index contributed by atoms with van der Waals surface area (Å²) in [5.74, 6) is -2.54. The molecule has 0 radical (unpaired) electrons. The minimum atomic E-state index is -1.38. The molecule has 0 unspecified atom stereocenters. The number of benzene rings is 1. The molecule has 0 fully saturated rings. The first kappa shape index (κ1) is 13.7. The maximum absolute atomic E-state index is 13.2. The summed E-state index contributed by atoms with van der Waals surface area (Å²) in [4.78, 5) is 26.4. The van der Waals surface area contributed by atoms with Crippen LogP contribution in [0.3, 0.4) is 0 Å². The van der Waals surface area contributed by atoms with Crippen molar-refractivity contribution in [2.45, 2.75) is 6.42 Å². The first-order valence-electron chi connectivity index (χ1n) is 5.78. The number of aromatic carboxylic acids is 1. The second-order valence-electron chi connectivity index (χ2n) is 4.08. The summed E-state index contributed by atoms with van der Waals surface area (Å²) in [6.45, 7) is 0. The lowest BCUT2D eigenvalue weighted by atomic mass is 10.1. The molecule has 0 bridgehead atoms. The summed E-state index contributed by atoms with van der Waals surface area (Å²) in [7, 11) is 0. The van der Waals surface area contributed by atoms with Gasteiger partial charge in [-0.25, -0.2) is 9.18 Å². The molecule has 102 valence electrons. The number of hydrogen-bond donors (Lipinski definition) is 2. The standard InChI is InChI=1S/C14H11FN2O3/c15-12-2-1-10(8-11(12)14(19)20)17-13(18)7-9-3-5-16-6-4-9/h1-6,8H,7H2,(H,17,18)(H,19,20). The van der Waals surface area contributed by atoms with E-state index >= 15 is 0 Å². The Kier molecular flexibility index (Phi) is 4.05. The summed E-state index contributed by atoms with van der Waals surface area (Å²) >= 11 is 0. The Balaban J connectivity index is 2.08. The smallest absolute Gasteiger partial charge is 0.338 e. The largest absolute Gasteiger partial charge is 0.478 e. The molecular formula is C14H11FN2O3. The summed E-state index contributed by atoms with van der Waals surface area (Å²) < 4.78 is 13.2. The number of anilines is 1. The van der Waals surface area contributed by atoms with Crippen molar-refractivity contribution in [3.05, 3.63) is 59.7 Å². The van der Waals surface area contributed by atoms with Crippen LogP contribution in [0.25, 0.3) is 0 Å². The second kappa shape index (κ2) is 5.92. The molecule has 5 nitrogen and oxygen atoms in total. The maximum atomic E-state index is 13.2. The van der Waals surface area contributed by atoms with E-state index in [-0.39, 0.29) is 18.0 Å². The molecule has 0 atom stereocenters. The van der Waals surface area contributed by atoms with Crippen molar-refractivity contribution in [2.24, 2.45) is 0 Å². The molecular weight excluding hydrogens is 263 g/mol. The van der Waals surface area contributed by atoms with Crippen molar-refractivity contribution in [2.75, 3.05) is 5.32 Å². The van der Waals surface area contributed by atoms with Gasteiger partial charge in [0.1, 0.15) is 5.82 Å². The van der Waals surface area contributed by atoms with Crippen LogP contribution in [0.15, 0.2) is 42.7 Å². The predicted molar refractivity (Wildman–Crippen MR) is 69.9 cm³/mol. The van der Waals surface area contributed by atoms with Crippen LogP contribution in [0.1, 0.15) is 15.9 Å². The average molecular weight is 274 g/mol. The minimum absolute atomic E-state index is 0.127. The molecule has 2 rings (SSSR count). The van der Waals surface area contributed by atoms with Crippen LogP contribution >= 0.6 is 0 Å². The van der Waals surface area contributed by atoms with E-state index in [9.17, 15) is 14.0 Å². The van der Waals surface area contributed by atoms with Crippen molar-refractivity contribution in [3.8, 4) is 0 Å². The Morgan fingerprint density at radius 1 is 1.20 bits per heavy atom. The molecule has 0 aliphatic heterocycles. The fraction of sp³-hybridized carbons (Fsp3) is 0.0714. The number of amides is 1. The van der Waals surface area contributed by atoms with Gasteiger partial charge in [0.25, 0.3) is 0 Å². The molecule has 6 heteroatoms. The number of carbonyl (C=O) groups is 2. The van der Waals surface area contributed by atoms with Crippen LogP contribution < -0.4 is 5.32 Å². The maximum Gasteiger partial charge on any atom is 0.338 e. The van der Waals surface area contributed by atoms with Crippen LogP contribution in [0, 0.1) is 5.82 Å². The molecule has 0 spiro atoms. The summed E-state index contributed by atoms with van der Waals surface area (Å²) in [6.07, 6.45) is 3.27. The molecule has 2 aromatic rings. The Morgan fingerprint density at radius 2 is 1.90 bits per heavy atom. The quantitative estimate of drug-likeness (QED) is 0.894. The van der Waals surface area contributed by atoms with Gasteiger partial charge in [0.05, 0.1) is 12.0 Å². The highest BCUT2D eigenvalue weighted by Crippen LogP contribution is 2.15. The minimum Gasteiger partial charge on any atom is -0.478 e. The molecule has 1 aromatic carbocycles. The molecule has 2 N–H and O–H groups in total. The highest BCUT2D eigenvalue weighted by molar-refractivity contribution is 5.94. The lowest BCUT2D eigenvalue weighted by Crippen LogP contribution is -2.15. The lowest BCUT2D eigenvalue weighted by molar-refractivity contribution is -0.115. The zero-order valence-corrected chi connectivity index (χ0v) is 10.3. The topological polar surface area (TPSA) is 79.3 Å². The van der Waals surface area contributed by atoms with Gasteiger partial charge in [-0.3, -0.25) is 9.78 Å². The molecule has 0 aliphatic rings. The predicted octanol–water partition coefficient (Wildman–Crippen LogP) is 2.10. The van der Waals surface area contributed by atoms with Gasteiger partial charge in [-0.2, -0.15) is 0 Å². The van der Waals surface area contributed by atoms with E-state index < -0.39 is 17.3 Å². The fourth-order valence-corrected chi connectivity index (χ4v) is 1.66. The third-order valence-corrected chi connectivity index (χ3v) is 2.59. The van der Waals surface area contributed by atoms with E-state index in [0.29, 0.717) is 0 Å². The van der Waals surface area contributed by atoms with E-state index in [1.54, 1.807) is 24.5 Å². The van der Waals surface area contributed by atoms with Gasteiger partial charge in [-0.05, 0) is 35.9 Å².